The fourth-order valence-electron chi connectivity index (χ4n) is 3.35. The van der Waals surface area contributed by atoms with Crippen LogP contribution in [0.2, 0.25) is 0 Å². The number of nitro groups is 1. The summed E-state index contributed by atoms with van der Waals surface area (Å²) in [5.41, 5.74) is 0.171. The molecule has 2 amide bonds. The molecule has 1 aromatic rings. The van der Waals surface area contributed by atoms with Crippen LogP contribution in [0.5, 0.6) is 0 Å². The standard InChI is InChI=1S/C18H25N5O4/c1-19-3-7-21(8-4-19)17(24)14-11-15(13-16(12-14)23(26)27)18(25)22-9-5-20(2)6-10-22/h11-13H,3-10H2,1-2H3. The molecule has 0 unspecified atom stereocenters. The summed E-state index contributed by atoms with van der Waals surface area (Å²) < 4.78 is 0. The molecule has 2 heterocycles. The van der Waals surface area contributed by atoms with Gasteiger partial charge in [-0.25, -0.2) is 0 Å². The molecule has 2 fully saturated rings. The van der Waals surface area contributed by atoms with Crippen LogP contribution in [0.1, 0.15) is 20.7 Å². The third-order valence-corrected chi connectivity index (χ3v) is 5.20. The lowest BCUT2D eigenvalue weighted by Gasteiger charge is -2.33. The highest BCUT2D eigenvalue weighted by Crippen LogP contribution is 2.21. The molecule has 2 aliphatic heterocycles. The van der Waals surface area contributed by atoms with Crippen molar-refractivity contribution in [3.8, 4) is 0 Å². The van der Waals surface area contributed by atoms with E-state index < -0.39 is 4.92 Å². The van der Waals surface area contributed by atoms with Crippen molar-refractivity contribution in [1.82, 2.24) is 19.6 Å². The van der Waals surface area contributed by atoms with Crippen molar-refractivity contribution < 1.29 is 14.5 Å². The number of hydrogen-bond acceptors (Lipinski definition) is 6. The number of amides is 2. The fraction of sp³-hybridized carbons (Fsp3) is 0.556. The first-order chi connectivity index (χ1) is 12.8. The molecule has 9 heteroatoms. The molecule has 3 rings (SSSR count). The summed E-state index contributed by atoms with van der Waals surface area (Å²) in [6, 6.07) is 4.02. The van der Waals surface area contributed by atoms with E-state index in [9.17, 15) is 19.7 Å². The zero-order valence-electron chi connectivity index (χ0n) is 15.8. The Morgan fingerprint density at radius 3 is 1.48 bits per heavy atom. The fourth-order valence-corrected chi connectivity index (χ4v) is 3.35. The number of hydrogen-bond donors (Lipinski definition) is 0. The number of nitro benzene ring substituents is 1. The molecular weight excluding hydrogens is 350 g/mol. The van der Waals surface area contributed by atoms with Gasteiger partial charge >= 0.3 is 0 Å². The molecule has 1 aromatic carbocycles. The van der Waals surface area contributed by atoms with Crippen LogP contribution in [0, 0.1) is 10.1 Å². The van der Waals surface area contributed by atoms with Crippen LogP contribution in [0.15, 0.2) is 18.2 Å². The van der Waals surface area contributed by atoms with Crippen LogP contribution in [0.25, 0.3) is 0 Å². The largest absolute Gasteiger partial charge is 0.336 e. The van der Waals surface area contributed by atoms with Crippen molar-refractivity contribution in [3.63, 3.8) is 0 Å². The SMILES string of the molecule is CN1CCN(C(=O)c2cc(C(=O)N3CCN(C)CC3)cc([N+](=O)[O-])c2)CC1. The molecule has 2 aliphatic rings. The van der Waals surface area contributed by atoms with Gasteiger partial charge in [-0.2, -0.15) is 0 Å². The molecule has 0 saturated carbocycles. The Morgan fingerprint density at radius 1 is 0.778 bits per heavy atom. The maximum Gasteiger partial charge on any atom is 0.271 e. The lowest BCUT2D eigenvalue weighted by Crippen LogP contribution is -2.47. The average molecular weight is 375 g/mol. The van der Waals surface area contributed by atoms with E-state index in [4.69, 9.17) is 0 Å². The summed E-state index contributed by atoms with van der Waals surface area (Å²) in [6.07, 6.45) is 0. The summed E-state index contributed by atoms with van der Waals surface area (Å²) in [4.78, 5) is 44.1. The van der Waals surface area contributed by atoms with E-state index in [1.807, 2.05) is 14.1 Å². The number of rotatable bonds is 3. The Kier molecular flexibility index (Phi) is 5.71. The molecule has 0 N–H and O–H groups in total. The third-order valence-electron chi connectivity index (χ3n) is 5.20. The van der Waals surface area contributed by atoms with Crippen LogP contribution in [0.3, 0.4) is 0 Å². The Labute approximate surface area is 158 Å². The van der Waals surface area contributed by atoms with E-state index in [0.717, 1.165) is 26.2 Å². The van der Waals surface area contributed by atoms with Crippen LogP contribution < -0.4 is 0 Å². The molecule has 0 radical (unpaired) electrons. The Hall–Kier alpha value is -2.52. The maximum absolute atomic E-state index is 12.8. The highest BCUT2D eigenvalue weighted by molar-refractivity contribution is 6.00. The molecular formula is C18H25N5O4. The number of nitrogens with zero attached hydrogens (tertiary/aromatic N) is 5. The highest BCUT2D eigenvalue weighted by atomic mass is 16.6. The Morgan fingerprint density at radius 2 is 1.15 bits per heavy atom. The molecule has 9 nitrogen and oxygen atoms in total. The lowest BCUT2D eigenvalue weighted by atomic mass is 10.1. The zero-order chi connectivity index (χ0) is 19.6. The van der Waals surface area contributed by atoms with E-state index in [2.05, 4.69) is 9.80 Å². The summed E-state index contributed by atoms with van der Waals surface area (Å²) in [5.74, 6) is -0.529. The molecule has 0 atom stereocenters. The lowest BCUT2D eigenvalue weighted by molar-refractivity contribution is -0.384. The van der Waals surface area contributed by atoms with Crippen molar-refractivity contribution in [2.24, 2.45) is 0 Å². The summed E-state index contributed by atoms with van der Waals surface area (Å²) in [5, 5.41) is 11.3. The first-order valence-electron chi connectivity index (χ1n) is 9.10. The predicted octanol–water partition coefficient (Wildman–Crippen LogP) is 0.370. The van der Waals surface area contributed by atoms with Gasteiger partial charge in [0.1, 0.15) is 0 Å². The van der Waals surface area contributed by atoms with Crippen LogP contribution in [-0.4, -0.2) is 103 Å². The predicted molar refractivity (Wildman–Crippen MR) is 99.9 cm³/mol. The van der Waals surface area contributed by atoms with E-state index in [0.29, 0.717) is 26.2 Å². The van der Waals surface area contributed by atoms with Gasteiger partial charge in [-0.05, 0) is 20.2 Å². The van der Waals surface area contributed by atoms with Gasteiger partial charge in [-0.1, -0.05) is 0 Å². The minimum atomic E-state index is -0.554. The topological polar surface area (TPSA) is 90.2 Å². The molecule has 0 aliphatic carbocycles. The second-order valence-electron chi connectivity index (χ2n) is 7.22. The molecule has 0 bridgehead atoms. The molecule has 146 valence electrons. The monoisotopic (exact) mass is 375 g/mol. The first-order valence-corrected chi connectivity index (χ1v) is 9.10. The number of non-ortho nitro benzene ring substituents is 1. The van der Waals surface area contributed by atoms with Gasteiger partial charge in [-0.15, -0.1) is 0 Å². The highest BCUT2D eigenvalue weighted by Gasteiger charge is 2.26. The zero-order valence-corrected chi connectivity index (χ0v) is 15.8. The van der Waals surface area contributed by atoms with Gasteiger partial charge in [0.25, 0.3) is 17.5 Å². The molecule has 2 saturated heterocycles. The smallest absolute Gasteiger partial charge is 0.271 e. The van der Waals surface area contributed by atoms with Gasteiger partial charge in [0.2, 0.25) is 0 Å². The van der Waals surface area contributed by atoms with Crippen LogP contribution >= 0.6 is 0 Å². The quantitative estimate of drug-likeness (QED) is 0.560. The molecule has 0 spiro atoms. The van der Waals surface area contributed by atoms with Crippen molar-refractivity contribution in [2.75, 3.05) is 66.5 Å². The van der Waals surface area contributed by atoms with E-state index in [1.54, 1.807) is 9.80 Å². The second-order valence-corrected chi connectivity index (χ2v) is 7.22. The Bertz CT molecular complexity index is 685. The van der Waals surface area contributed by atoms with Gasteiger partial charge < -0.3 is 19.6 Å². The van der Waals surface area contributed by atoms with Gasteiger partial charge in [0.15, 0.2) is 0 Å². The van der Waals surface area contributed by atoms with Crippen molar-refractivity contribution in [3.05, 3.63) is 39.4 Å². The first kappa shape index (κ1) is 19.2. The van der Waals surface area contributed by atoms with Gasteiger partial charge in [-0.3, -0.25) is 19.7 Å². The minimum Gasteiger partial charge on any atom is -0.336 e. The number of piperazine rings is 2. The van der Waals surface area contributed by atoms with Crippen LogP contribution in [-0.2, 0) is 0 Å². The van der Waals surface area contributed by atoms with E-state index in [-0.39, 0.29) is 28.6 Å². The Balaban J connectivity index is 1.85. The number of likely N-dealkylation sites (N-methyl/N-ethyl adjacent to an activating group) is 2. The van der Waals surface area contributed by atoms with E-state index >= 15 is 0 Å². The van der Waals surface area contributed by atoms with Crippen molar-refractivity contribution in [2.45, 2.75) is 0 Å². The van der Waals surface area contributed by atoms with Crippen molar-refractivity contribution in [1.29, 1.82) is 0 Å². The summed E-state index contributed by atoms with van der Waals surface area (Å²) in [7, 11) is 3.98. The van der Waals surface area contributed by atoms with Gasteiger partial charge in [0, 0.05) is 75.6 Å². The number of benzene rings is 1. The molecule has 27 heavy (non-hydrogen) atoms. The summed E-state index contributed by atoms with van der Waals surface area (Å²) in [6.45, 7) is 5.31. The third kappa shape index (κ3) is 4.42. The molecule has 0 aromatic heterocycles. The van der Waals surface area contributed by atoms with Crippen LogP contribution in [0.4, 0.5) is 5.69 Å². The second kappa shape index (κ2) is 8.01. The number of carbonyl (C=O) groups is 2. The van der Waals surface area contributed by atoms with Crippen molar-refractivity contribution >= 4 is 17.5 Å². The normalized spacial score (nSPS) is 19.2. The van der Waals surface area contributed by atoms with Gasteiger partial charge in [0.05, 0.1) is 4.92 Å². The maximum atomic E-state index is 12.8. The van der Waals surface area contributed by atoms with E-state index in [1.165, 1.54) is 18.2 Å². The summed E-state index contributed by atoms with van der Waals surface area (Å²) >= 11 is 0. The minimum absolute atomic E-state index is 0.200. The average Bonchev–Trinajstić information content (AvgIpc) is 2.67. The number of carbonyl (C=O) groups excluding carboxylic acids is 2.